The summed E-state index contributed by atoms with van der Waals surface area (Å²) in [7, 11) is 0. The van der Waals surface area contributed by atoms with Gasteiger partial charge in [-0.1, -0.05) is 0 Å². The number of carbonyl (C=O) groups is 1. The van der Waals surface area contributed by atoms with E-state index in [0.29, 0.717) is 19.6 Å². The fourth-order valence-electron chi connectivity index (χ4n) is 1.06. The lowest BCUT2D eigenvalue weighted by molar-refractivity contribution is -0.129. The zero-order valence-corrected chi connectivity index (χ0v) is 7.50. The van der Waals surface area contributed by atoms with Crippen LogP contribution >= 0.6 is 0 Å². The lowest BCUT2D eigenvalue weighted by Gasteiger charge is -2.11. The van der Waals surface area contributed by atoms with Crippen LogP contribution in [0.15, 0.2) is 0 Å². The standard InChI is InChI=1S/C8H15NO3/c1-6(2)9-7(10)5-8-11-3-4-12-8/h6,8H,3-5H2,1-2H3,(H,9,10). The smallest absolute Gasteiger partial charge is 0.225 e. The molecule has 0 aromatic carbocycles. The minimum atomic E-state index is -0.330. The van der Waals surface area contributed by atoms with Crippen LogP contribution in [-0.2, 0) is 14.3 Å². The summed E-state index contributed by atoms with van der Waals surface area (Å²) in [6.07, 6.45) is -0.0261. The molecule has 0 aliphatic carbocycles. The Morgan fingerprint density at radius 2 is 2.08 bits per heavy atom. The van der Waals surface area contributed by atoms with E-state index in [1.807, 2.05) is 13.8 Å². The van der Waals surface area contributed by atoms with Gasteiger partial charge >= 0.3 is 0 Å². The first kappa shape index (κ1) is 9.48. The average Bonchev–Trinajstić information content (AvgIpc) is 2.37. The lowest BCUT2D eigenvalue weighted by Crippen LogP contribution is -2.32. The van der Waals surface area contributed by atoms with Crippen LogP contribution in [0.5, 0.6) is 0 Å². The monoisotopic (exact) mass is 173 g/mol. The Kier molecular flexibility index (Phi) is 3.49. The van der Waals surface area contributed by atoms with Crippen molar-refractivity contribution in [2.45, 2.75) is 32.6 Å². The molecule has 0 radical (unpaired) electrons. The van der Waals surface area contributed by atoms with Crippen LogP contribution in [0.1, 0.15) is 20.3 Å². The molecule has 1 N–H and O–H groups in total. The summed E-state index contributed by atoms with van der Waals surface area (Å²) in [5, 5.41) is 2.77. The highest BCUT2D eigenvalue weighted by Gasteiger charge is 2.19. The maximum Gasteiger partial charge on any atom is 0.225 e. The van der Waals surface area contributed by atoms with E-state index in [1.165, 1.54) is 0 Å². The highest BCUT2D eigenvalue weighted by atomic mass is 16.7. The molecule has 1 aliphatic heterocycles. The molecule has 0 aromatic heterocycles. The summed E-state index contributed by atoms with van der Waals surface area (Å²) in [5.74, 6) is -0.0168. The van der Waals surface area contributed by atoms with Gasteiger partial charge in [-0.2, -0.15) is 0 Å². The van der Waals surface area contributed by atoms with Gasteiger partial charge in [-0.3, -0.25) is 4.79 Å². The van der Waals surface area contributed by atoms with Gasteiger partial charge in [0.05, 0.1) is 19.6 Å². The van der Waals surface area contributed by atoms with Crippen LogP contribution in [0.3, 0.4) is 0 Å². The zero-order valence-electron chi connectivity index (χ0n) is 7.50. The predicted molar refractivity (Wildman–Crippen MR) is 43.6 cm³/mol. The first-order chi connectivity index (χ1) is 5.68. The van der Waals surface area contributed by atoms with Gasteiger partial charge in [-0.05, 0) is 13.8 Å². The van der Waals surface area contributed by atoms with E-state index < -0.39 is 0 Å². The molecule has 70 valence electrons. The Morgan fingerprint density at radius 3 is 2.58 bits per heavy atom. The van der Waals surface area contributed by atoms with Crippen molar-refractivity contribution in [1.82, 2.24) is 5.32 Å². The molecule has 0 unspecified atom stereocenters. The largest absolute Gasteiger partial charge is 0.354 e. The van der Waals surface area contributed by atoms with Crippen molar-refractivity contribution in [3.05, 3.63) is 0 Å². The second kappa shape index (κ2) is 4.42. The third-order valence-electron chi connectivity index (χ3n) is 1.49. The van der Waals surface area contributed by atoms with Crippen molar-refractivity contribution < 1.29 is 14.3 Å². The average molecular weight is 173 g/mol. The molecular formula is C8H15NO3. The fraction of sp³-hybridized carbons (Fsp3) is 0.875. The molecule has 4 nitrogen and oxygen atoms in total. The Hall–Kier alpha value is -0.610. The quantitative estimate of drug-likeness (QED) is 0.666. The number of hydrogen-bond acceptors (Lipinski definition) is 3. The van der Waals surface area contributed by atoms with E-state index in [0.717, 1.165) is 0 Å². The molecule has 1 fully saturated rings. The minimum Gasteiger partial charge on any atom is -0.354 e. The first-order valence-electron chi connectivity index (χ1n) is 4.21. The molecule has 0 spiro atoms. The summed E-state index contributed by atoms with van der Waals surface area (Å²) in [6.45, 7) is 5.04. The molecule has 1 heterocycles. The number of amides is 1. The van der Waals surface area contributed by atoms with Gasteiger partial charge in [0.25, 0.3) is 0 Å². The molecule has 12 heavy (non-hydrogen) atoms. The SMILES string of the molecule is CC(C)NC(=O)CC1OCCO1. The van der Waals surface area contributed by atoms with E-state index in [2.05, 4.69) is 5.32 Å². The number of rotatable bonds is 3. The number of carbonyl (C=O) groups excluding carboxylic acids is 1. The van der Waals surface area contributed by atoms with E-state index in [1.54, 1.807) is 0 Å². The van der Waals surface area contributed by atoms with Crippen LogP contribution in [-0.4, -0.2) is 31.5 Å². The van der Waals surface area contributed by atoms with E-state index >= 15 is 0 Å². The molecule has 1 rings (SSSR count). The van der Waals surface area contributed by atoms with Gasteiger partial charge in [-0.25, -0.2) is 0 Å². The Balaban J connectivity index is 2.16. The van der Waals surface area contributed by atoms with Crippen LogP contribution in [0, 0.1) is 0 Å². The third-order valence-corrected chi connectivity index (χ3v) is 1.49. The summed E-state index contributed by atoms with van der Waals surface area (Å²) in [4.78, 5) is 11.1. The highest BCUT2D eigenvalue weighted by Crippen LogP contribution is 2.07. The Morgan fingerprint density at radius 1 is 1.50 bits per heavy atom. The predicted octanol–water partition coefficient (Wildman–Crippen LogP) is 0.274. The van der Waals surface area contributed by atoms with Crippen LogP contribution in [0.4, 0.5) is 0 Å². The van der Waals surface area contributed by atoms with Crippen LogP contribution in [0.2, 0.25) is 0 Å². The van der Waals surface area contributed by atoms with Crippen LogP contribution in [0.25, 0.3) is 0 Å². The first-order valence-corrected chi connectivity index (χ1v) is 4.21. The molecule has 0 saturated carbocycles. The number of hydrogen-bond donors (Lipinski definition) is 1. The van der Waals surface area contributed by atoms with Crippen molar-refractivity contribution in [3.63, 3.8) is 0 Å². The van der Waals surface area contributed by atoms with Gasteiger partial charge in [0, 0.05) is 6.04 Å². The topological polar surface area (TPSA) is 47.6 Å². The third kappa shape index (κ3) is 3.19. The van der Waals surface area contributed by atoms with Crippen molar-refractivity contribution in [1.29, 1.82) is 0 Å². The molecule has 4 heteroatoms. The van der Waals surface area contributed by atoms with E-state index in [-0.39, 0.29) is 18.2 Å². The van der Waals surface area contributed by atoms with Gasteiger partial charge in [-0.15, -0.1) is 0 Å². The van der Waals surface area contributed by atoms with E-state index in [9.17, 15) is 4.79 Å². The summed E-state index contributed by atoms with van der Waals surface area (Å²) >= 11 is 0. The normalized spacial score (nSPS) is 18.6. The molecular weight excluding hydrogens is 158 g/mol. The Bertz CT molecular complexity index is 152. The summed E-state index contributed by atoms with van der Waals surface area (Å²) in [6, 6.07) is 0.180. The second-order valence-electron chi connectivity index (χ2n) is 3.10. The van der Waals surface area contributed by atoms with Gasteiger partial charge in [0.2, 0.25) is 5.91 Å². The highest BCUT2D eigenvalue weighted by molar-refractivity contribution is 5.76. The second-order valence-corrected chi connectivity index (χ2v) is 3.10. The Labute approximate surface area is 72.2 Å². The maximum atomic E-state index is 11.1. The maximum absolute atomic E-state index is 11.1. The van der Waals surface area contributed by atoms with Gasteiger partial charge < -0.3 is 14.8 Å². The summed E-state index contributed by atoms with van der Waals surface area (Å²) in [5.41, 5.74) is 0. The van der Waals surface area contributed by atoms with Crippen molar-refractivity contribution >= 4 is 5.91 Å². The summed E-state index contributed by atoms with van der Waals surface area (Å²) < 4.78 is 10.2. The molecule has 1 amide bonds. The van der Waals surface area contributed by atoms with E-state index in [4.69, 9.17) is 9.47 Å². The number of ether oxygens (including phenoxy) is 2. The molecule has 0 atom stereocenters. The fourth-order valence-corrected chi connectivity index (χ4v) is 1.06. The van der Waals surface area contributed by atoms with Crippen LogP contribution < -0.4 is 5.32 Å². The zero-order chi connectivity index (χ0) is 8.97. The van der Waals surface area contributed by atoms with Gasteiger partial charge in [0.15, 0.2) is 6.29 Å². The lowest BCUT2D eigenvalue weighted by atomic mass is 10.3. The minimum absolute atomic E-state index is 0.0168. The van der Waals surface area contributed by atoms with Crippen molar-refractivity contribution in [2.24, 2.45) is 0 Å². The molecule has 0 aromatic rings. The van der Waals surface area contributed by atoms with Crippen molar-refractivity contribution in [3.8, 4) is 0 Å². The van der Waals surface area contributed by atoms with Gasteiger partial charge in [0.1, 0.15) is 0 Å². The molecule has 1 saturated heterocycles. The number of nitrogens with one attached hydrogen (secondary N) is 1. The molecule has 1 aliphatic rings. The molecule has 0 bridgehead atoms. The van der Waals surface area contributed by atoms with Crippen molar-refractivity contribution in [2.75, 3.05) is 13.2 Å².